The molecule has 0 radical (unpaired) electrons. The van der Waals surface area contributed by atoms with Gasteiger partial charge in [0, 0.05) is 36.6 Å². The van der Waals surface area contributed by atoms with Crippen LogP contribution in [0.25, 0.3) is 0 Å². The number of benzene rings is 1. The Morgan fingerprint density at radius 2 is 2.11 bits per heavy atom. The van der Waals surface area contributed by atoms with E-state index < -0.39 is 18.0 Å². The first-order valence-electron chi connectivity index (χ1n) is 11.3. The number of pyridine rings is 1. The van der Waals surface area contributed by atoms with E-state index in [1.54, 1.807) is 51.5 Å². The number of nitrogens with zero attached hydrogens (tertiary/aromatic N) is 4. The van der Waals surface area contributed by atoms with Crippen LogP contribution in [0.5, 0.6) is 5.75 Å². The smallest absolute Gasteiger partial charge is 0.247 e. The number of aliphatic hydroxyl groups is 2. The molecule has 182 valence electrons. The van der Waals surface area contributed by atoms with Gasteiger partial charge in [-0.2, -0.15) is 5.10 Å². The molecule has 2 atom stereocenters. The van der Waals surface area contributed by atoms with Crippen molar-refractivity contribution in [3.63, 3.8) is 0 Å². The van der Waals surface area contributed by atoms with Crippen molar-refractivity contribution in [1.29, 1.82) is 0 Å². The molecule has 3 aromatic rings. The van der Waals surface area contributed by atoms with Crippen molar-refractivity contribution < 1.29 is 19.7 Å². The standard InChI is InChI=1S/C26H29N5O4/c1-17-6-5-7-20(28-17)12-19-14-27-31(15-19)25(33)29-21-16-35-23-9-8-18(10-11-26(2,3)34)13-22(23)30(4)24(21)32/h5-9,13-15,21,25,29,33-34H,12,16H2,1-4H3/t21-,25?/m0/s1. The van der Waals surface area contributed by atoms with E-state index in [9.17, 15) is 15.0 Å². The number of carbonyl (C=O) groups is 1. The number of carbonyl (C=O) groups excluding carboxylic acids is 1. The molecule has 2 aromatic heterocycles. The van der Waals surface area contributed by atoms with Crippen LogP contribution in [0.15, 0.2) is 48.8 Å². The van der Waals surface area contributed by atoms with E-state index in [2.05, 4.69) is 27.2 Å². The van der Waals surface area contributed by atoms with Gasteiger partial charge in [0.25, 0.3) is 0 Å². The molecule has 0 saturated heterocycles. The maximum Gasteiger partial charge on any atom is 0.247 e. The Kier molecular flexibility index (Phi) is 6.89. The third kappa shape index (κ3) is 6.05. The summed E-state index contributed by atoms with van der Waals surface area (Å²) in [5, 5.41) is 27.7. The maximum atomic E-state index is 13.1. The number of hydrogen-bond acceptors (Lipinski definition) is 7. The van der Waals surface area contributed by atoms with Crippen LogP contribution >= 0.6 is 0 Å². The highest BCUT2D eigenvalue weighted by Crippen LogP contribution is 2.31. The number of hydrogen-bond donors (Lipinski definition) is 3. The summed E-state index contributed by atoms with van der Waals surface area (Å²) >= 11 is 0. The number of anilines is 1. The van der Waals surface area contributed by atoms with Crippen molar-refractivity contribution in [2.75, 3.05) is 18.6 Å². The summed E-state index contributed by atoms with van der Waals surface area (Å²) in [6.07, 6.45) is 2.74. The van der Waals surface area contributed by atoms with Gasteiger partial charge in [0.1, 0.15) is 24.0 Å². The second-order valence-electron chi connectivity index (χ2n) is 9.07. The number of aryl methyl sites for hydroxylation is 1. The van der Waals surface area contributed by atoms with Crippen LogP contribution in [-0.4, -0.2) is 56.2 Å². The van der Waals surface area contributed by atoms with E-state index in [0.717, 1.165) is 17.0 Å². The average molecular weight is 476 g/mol. The molecule has 1 aliphatic rings. The number of nitrogens with one attached hydrogen (secondary N) is 1. The Balaban J connectivity index is 1.45. The fourth-order valence-electron chi connectivity index (χ4n) is 3.69. The lowest BCUT2D eigenvalue weighted by Crippen LogP contribution is -2.49. The van der Waals surface area contributed by atoms with Crippen molar-refractivity contribution >= 4 is 11.6 Å². The summed E-state index contributed by atoms with van der Waals surface area (Å²) in [5.41, 5.74) is 2.81. The zero-order chi connectivity index (χ0) is 25.2. The summed E-state index contributed by atoms with van der Waals surface area (Å²) < 4.78 is 7.22. The monoisotopic (exact) mass is 475 g/mol. The second kappa shape index (κ2) is 9.88. The molecule has 0 fully saturated rings. The molecule has 35 heavy (non-hydrogen) atoms. The predicted octanol–water partition coefficient (Wildman–Crippen LogP) is 1.76. The van der Waals surface area contributed by atoms with Gasteiger partial charge < -0.3 is 19.8 Å². The minimum atomic E-state index is -1.23. The van der Waals surface area contributed by atoms with Gasteiger partial charge in [-0.05, 0) is 56.7 Å². The number of ether oxygens (including phenoxy) is 1. The van der Waals surface area contributed by atoms with Crippen LogP contribution in [0.3, 0.4) is 0 Å². The molecule has 1 amide bonds. The summed E-state index contributed by atoms with van der Waals surface area (Å²) in [6.45, 7) is 5.17. The van der Waals surface area contributed by atoms with Crippen LogP contribution in [0, 0.1) is 18.8 Å². The molecule has 0 aliphatic carbocycles. The van der Waals surface area contributed by atoms with E-state index in [1.165, 1.54) is 9.58 Å². The van der Waals surface area contributed by atoms with Gasteiger partial charge >= 0.3 is 0 Å². The van der Waals surface area contributed by atoms with E-state index in [-0.39, 0.29) is 12.5 Å². The summed E-state index contributed by atoms with van der Waals surface area (Å²) in [6, 6.07) is 10.3. The molecule has 3 heterocycles. The average Bonchev–Trinajstić information content (AvgIpc) is 3.23. The molecule has 4 rings (SSSR count). The van der Waals surface area contributed by atoms with Crippen LogP contribution in [0.1, 0.15) is 42.7 Å². The van der Waals surface area contributed by atoms with E-state index in [0.29, 0.717) is 23.4 Å². The van der Waals surface area contributed by atoms with Gasteiger partial charge in [-0.25, -0.2) is 4.68 Å². The number of fused-ring (bicyclic) bond motifs is 1. The Hall–Kier alpha value is -3.71. The number of rotatable bonds is 5. The Labute approximate surface area is 204 Å². The zero-order valence-electron chi connectivity index (χ0n) is 20.2. The molecular weight excluding hydrogens is 446 g/mol. The number of aliphatic hydroxyl groups excluding tert-OH is 1. The molecule has 3 N–H and O–H groups in total. The molecule has 1 unspecified atom stereocenters. The number of likely N-dealkylation sites (N-methyl/N-ethyl adjacent to an activating group) is 1. The molecule has 9 nitrogen and oxygen atoms in total. The quantitative estimate of drug-likeness (QED) is 0.381. The predicted molar refractivity (Wildman–Crippen MR) is 131 cm³/mol. The first-order valence-corrected chi connectivity index (χ1v) is 11.3. The summed E-state index contributed by atoms with van der Waals surface area (Å²) in [5.74, 6) is 5.93. The Bertz CT molecular complexity index is 1280. The largest absolute Gasteiger partial charge is 0.489 e. The van der Waals surface area contributed by atoms with Crippen LogP contribution in [-0.2, 0) is 11.2 Å². The Morgan fingerprint density at radius 3 is 2.86 bits per heavy atom. The minimum absolute atomic E-state index is 0.0310. The minimum Gasteiger partial charge on any atom is -0.489 e. The van der Waals surface area contributed by atoms with E-state index >= 15 is 0 Å². The first kappa shape index (κ1) is 24.4. The van der Waals surface area contributed by atoms with Crippen molar-refractivity contribution in [1.82, 2.24) is 20.1 Å². The van der Waals surface area contributed by atoms with Crippen LogP contribution < -0.4 is 15.0 Å². The van der Waals surface area contributed by atoms with Gasteiger partial charge in [-0.1, -0.05) is 17.9 Å². The van der Waals surface area contributed by atoms with Gasteiger partial charge in [-0.15, -0.1) is 0 Å². The van der Waals surface area contributed by atoms with Crippen molar-refractivity contribution in [3.05, 3.63) is 71.3 Å². The first-order chi connectivity index (χ1) is 16.6. The van der Waals surface area contributed by atoms with Crippen LogP contribution in [0.2, 0.25) is 0 Å². The molecule has 1 aliphatic heterocycles. The van der Waals surface area contributed by atoms with Crippen molar-refractivity contribution in [3.8, 4) is 17.6 Å². The van der Waals surface area contributed by atoms with E-state index in [1.807, 2.05) is 25.1 Å². The third-order valence-corrected chi connectivity index (χ3v) is 5.45. The highest BCUT2D eigenvalue weighted by atomic mass is 16.5. The topological polar surface area (TPSA) is 113 Å². The maximum absolute atomic E-state index is 13.1. The van der Waals surface area contributed by atoms with E-state index in [4.69, 9.17) is 4.74 Å². The van der Waals surface area contributed by atoms with Gasteiger partial charge in [0.2, 0.25) is 12.3 Å². The fraction of sp³-hybridized carbons (Fsp3) is 0.346. The third-order valence-electron chi connectivity index (χ3n) is 5.45. The highest BCUT2D eigenvalue weighted by molar-refractivity contribution is 5.99. The molecular formula is C26H29N5O4. The Morgan fingerprint density at radius 1 is 1.31 bits per heavy atom. The number of amides is 1. The van der Waals surface area contributed by atoms with Crippen molar-refractivity contribution in [2.24, 2.45) is 0 Å². The summed E-state index contributed by atoms with van der Waals surface area (Å²) in [7, 11) is 1.64. The lowest BCUT2D eigenvalue weighted by atomic mass is 10.1. The van der Waals surface area contributed by atoms with Crippen molar-refractivity contribution in [2.45, 2.75) is 45.2 Å². The molecule has 0 spiro atoms. The molecule has 1 aromatic carbocycles. The van der Waals surface area contributed by atoms with Gasteiger partial charge in [0.15, 0.2) is 0 Å². The molecule has 0 bridgehead atoms. The fourth-order valence-corrected chi connectivity index (χ4v) is 3.69. The number of aromatic nitrogens is 3. The normalized spacial score (nSPS) is 16.6. The van der Waals surface area contributed by atoms with Gasteiger partial charge in [-0.3, -0.25) is 15.1 Å². The lowest BCUT2D eigenvalue weighted by Gasteiger charge is -2.23. The second-order valence-corrected chi connectivity index (χ2v) is 9.07. The van der Waals surface area contributed by atoms with Gasteiger partial charge in [0.05, 0.1) is 11.9 Å². The molecule has 0 saturated carbocycles. The lowest BCUT2D eigenvalue weighted by molar-refractivity contribution is -0.122. The SMILES string of the molecule is Cc1cccc(Cc2cnn(C(O)N[C@H]3COc4ccc(C#CC(C)(C)O)cc4N(C)C3=O)c2)n1. The summed E-state index contributed by atoms with van der Waals surface area (Å²) in [4.78, 5) is 19.1. The highest BCUT2D eigenvalue weighted by Gasteiger charge is 2.31. The molecule has 9 heteroatoms. The van der Waals surface area contributed by atoms with Crippen LogP contribution in [0.4, 0.5) is 5.69 Å². The zero-order valence-corrected chi connectivity index (χ0v) is 20.2.